The van der Waals surface area contributed by atoms with Crippen LogP contribution in [-0.4, -0.2) is 12.7 Å². The molecular formula is C13H22N2O2. The summed E-state index contributed by atoms with van der Waals surface area (Å²) in [4.78, 5) is 0. The van der Waals surface area contributed by atoms with Crippen molar-refractivity contribution in [3.8, 4) is 0 Å². The monoisotopic (exact) mass is 238 g/mol. The molecule has 1 atom stereocenters. The molecule has 17 heavy (non-hydrogen) atoms. The van der Waals surface area contributed by atoms with Gasteiger partial charge in [-0.1, -0.05) is 25.7 Å². The van der Waals surface area contributed by atoms with Crippen LogP contribution in [0, 0.1) is 0 Å². The molecular weight excluding hydrogens is 216 g/mol. The van der Waals surface area contributed by atoms with Gasteiger partial charge in [0.15, 0.2) is 0 Å². The zero-order valence-electron chi connectivity index (χ0n) is 10.4. The van der Waals surface area contributed by atoms with E-state index >= 15 is 0 Å². The predicted molar refractivity (Wildman–Crippen MR) is 66.2 cm³/mol. The summed E-state index contributed by atoms with van der Waals surface area (Å²) in [6.45, 7) is 0. The first-order chi connectivity index (χ1) is 8.32. The van der Waals surface area contributed by atoms with Crippen LogP contribution in [0.5, 0.6) is 0 Å². The minimum Gasteiger partial charge on any atom is -0.472 e. The zero-order valence-corrected chi connectivity index (χ0v) is 10.4. The van der Waals surface area contributed by atoms with Gasteiger partial charge in [-0.15, -0.1) is 0 Å². The van der Waals surface area contributed by atoms with Crippen molar-refractivity contribution in [2.24, 2.45) is 5.84 Å². The number of hydrogen-bond acceptors (Lipinski definition) is 4. The number of rotatable bonds is 4. The van der Waals surface area contributed by atoms with E-state index < -0.39 is 0 Å². The zero-order chi connectivity index (χ0) is 12.1. The molecule has 0 radical (unpaired) electrons. The highest BCUT2D eigenvalue weighted by atomic mass is 16.5. The van der Waals surface area contributed by atoms with Crippen LogP contribution in [0.1, 0.15) is 50.1 Å². The number of methoxy groups -OCH3 is 1. The van der Waals surface area contributed by atoms with Crippen molar-refractivity contribution in [3.63, 3.8) is 0 Å². The Morgan fingerprint density at radius 3 is 2.53 bits per heavy atom. The Morgan fingerprint density at radius 2 is 2.06 bits per heavy atom. The van der Waals surface area contributed by atoms with E-state index in [0.29, 0.717) is 0 Å². The molecule has 1 fully saturated rings. The molecule has 0 bridgehead atoms. The summed E-state index contributed by atoms with van der Waals surface area (Å²) in [6, 6.07) is 1.96. The molecule has 1 aromatic heterocycles. The van der Waals surface area contributed by atoms with Crippen LogP contribution < -0.4 is 11.3 Å². The second-order valence-corrected chi connectivity index (χ2v) is 4.84. The van der Waals surface area contributed by atoms with E-state index in [9.17, 15) is 0 Å². The molecule has 1 aromatic rings. The Bertz CT molecular complexity index is 316. The standard InChI is InChI=1S/C13H22N2O2/c1-16-13(7-4-2-3-5-8-13)12(15-14)11-6-9-17-10-11/h6,9-10,12,15H,2-5,7-8,14H2,1H3. The number of furan rings is 1. The van der Waals surface area contributed by atoms with Crippen LogP contribution in [0.4, 0.5) is 0 Å². The molecule has 0 amide bonds. The van der Waals surface area contributed by atoms with E-state index in [1.807, 2.05) is 6.07 Å². The van der Waals surface area contributed by atoms with Gasteiger partial charge in [0.1, 0.15) is 0 Å². The van der Waals surface area contributed by atoms with Gasteiger partial charge in [0, 0.05) is 12.7 Å². The molecule has 1 saturated carbocycles. The van der Waals surface area contributed by atoms with Crippen LogP contribution in [0.2, 0.25) is 0 Å². The SMILES string of the molecule is COC1(C(NN)c2ccoc2)CCCCCC1. The molecule has 2 rings (SSSR count). The van der Waals surface area contributed by atoms with E-state index in [-0.39, 0.29) is 11.6 Å². The first-order valence-electron chi connectivity index (χ1n) is 6.36. The fourth-order valence-electron chi connectivity index (χ4n) is 2.93. The van der Waals surface area contributed by atoms with E-state index in [0.717, 1.165) is 18.4 Å². The van der Waals surface area contributed by atoms with Crippen LogP contribution >= 0.6 is 0 Å². The van der Waals surface area contributed by atoms with Crippen molar-refractivity contribution < 1.29 is 9.15 Å². The lowest BCUT2D eigenvalue weighted by Crippen LogP contribution is -2.47. The van der Waals surface area contributed by atoms with Crippen molar-refractivity contribution >= 4 is 0 Å². The van der Waals surface area contributed by atoms with E-state index in [1.165, 1.54) is 25.7 Å². The maximum Gasteiger partial charge on any atom is 0.0952 e. The quantitative estimate of drug-likeness (QED) is 0.481. The van der Waals surface area contributed by atoms with Crippen molar-refractivity contribution in [2.45, 2.75) is 50.2 Å². The third kappa shape index (κ3) is 2.54. The van der Waals surface area contributed by atoms with Gasteiger partial charge in [0.25, 0.3) is 0 Å². The minimum atomic E-state index is -0.199. The summed E-state index contributed by atoms with van der Waals surface area (Å²) in [5.41, 5.74) is 3.78. The summed E-state index contributed by atoms with van der Waals surface area (Å²) in [5.74, 6) is 5.73. The van der Waals surface area contributed by atoms with Crippen molar-refractivity contribution in [2.75, 3.05) is 7.11 Å². The molecule has 96 valence electrons. The smallest absolute Gasteiger partial charge is 0.0952 e. The summed E-state index contributed by atoms with van der Waals surface area (Å²) in [7, 11) is 1.79. The average molecular weight is 238 g/mol. The summed E-state index contributed by atoms with van der Waals surface area (Å²) in [5, 5.41) is 0. The van der Waals surface area contributed by atoms with Crippen LogP contribution in [0.3, 0.4) is 0 Å². The predicted octanol–water partition coefficient (Wildman–Crippen LogP) is 2.52. The summed E-state index contributed by atoms with van der Waals surface area (Å²) >= 11 is 0. The van der Waals surface area contributed by atoms with Gasteiger partial charge in [0.2, 0.25) is 0 Å². The molecule has 0 aromatic carbocycles. The van der Waals surface area contributed by atoms with Crippen molar-refractivity contribution in [1.29, 1.82) is 0 Å². The largest absolute Gasteiger partial charge is 0.472 e. The maximum absolute atomic E-state index is 5.85. The highest BCUT2D eigenvalue weighted by molar-refractivity contribution is 5.17. The Morgan fingerprint density at radius 1 is 1.35 bits per heavy atom. The maximum atomic E-state index is 5.85. The molecule has 1 unspecified atom stereocenters. The second kappa shape index (κ2) is 5.67. The Kier molecular flexibility index (Phi) is 4.20. The molecule has 0 spiro atoms. The van der Waals surface area contributed by atoms with Gasteiger partial charge in [-0.05, 0) is 18.9 Å². The molecule has 0 aliphatic heterocycles. The van der Waals surface area contributed by atoms with E-state index in [2.05, 4.69) is 5.43 Å². The number of nitrogens with two attached hydrogens (primary N) is 1. The summed E-state index contributed by atoms with van der Waals surface area (Å²) in [6.07, 6.45) is 10.5. The topological polar surface area (TPSA) is 60.4 Å². The van der Waals surface area contributed by atoms with Crippen LogP contribution in [0.15, 0.2) is 23.0 Å². The molecule has 1 aliphatic carbocycles. The minimum absolute atomic E-state index is 0.00403. The number of hydrogen-bond donors (Lipinski definition) is 2. The fraction of sp³-hybridized carbons (Fsp3) is 0.692. The Labute approximate surface area is 102 Å². The number of nitrogens with one attached hydrogen (secondary N) is 1. The third-order valence-electron chi connectivity index (χ3n) is 3.93. The van der Waals surface area contributed by atoms with Gasteiger partial charge < -0.3 is 9.15 Å². The van der Waals surface area contributed by atoms with Crippen molar-refractivity contribution in [1.82, 2.24) is 5.43 Å². The third-order valence-corrected chi connectivity index (χ3v) is 3.93. The first kappa shape index (κ1) is 12.6. The number of hydrazine groups is 1. The lowest BCUT2D eigenvalue weighted by Gasteiger charge is -2.38. The average Bonchev–Trinajstić information content (AvgIpc) is 2.76. The van der Waals surface area contributed by atoms with Gasteiger partial charge in [0.05, 0.1) is 24.2 Å². The fourth-order valence-corrected chi connectivity index (χ4v) is 2.93. The Balaban J connectivity index is 2.24. The highest BCUT2D eigenvalue weighted by Crippen LogP contribution is 2.39. The van der Waals surface area contributed by atoms with Crippen LogP contribution in [-0.2, 0) is 4.74 Å². The Hall–Kier alpha value is -0.840. The second-order valence-electron chi connectivity index (χ2n) is 4.84. The van der Waals surface area contributed by atoms with E-state index in [1.54, 1.807) is 19.6 Å². The van der Waals surface area contributed by atoms with Gasteiger partial charge in [-0.2, -0.15) is 0 Å². The lowest BCUT2D eigenvalue weighted by molar-refractivity contribution is -0.0542. The van der Waals surface area contributed by atoms with Gasteiger partial charge in [-0.3, -0.25) is 5.84 Å². The normalized spacial score (nSPS) is 22.0. The molecule has 3 N–H and O–H groups in total. The lowest BCUT2D eigenvalue weighted by atomic mass is 9.83. The van der Waals surface area contributed by atoms with Crippen LogP contribution in [0.25, 0.3) is 0 Å². The molecule has 4 nitrogen and oxygen atoms in total. The highest BCUT2D eigenvalue weighted by Gasteiger charge is 2.40. The molecule has 4 heteroatoms. The van der Waals surface area contributed by atoms with E-state index in [4.69, 9.17) is 15.0 Å². The molecule has 1 heterocycles. The van der Waals surface area contributed by atoms with Gasteiger partial charge >= 0.3 is 0 Å². The van der Waals surface area contributed by atoms with Gasteiger partial charge in [-0.25, -0.2) is 5.43 Å². The molecule has 0 saturated heterocycles. The summed E-state index contributed by atoms with van der Waals surface area (Å²) < 4.78 is 11.0. The van der Waals surface area contributed by atoms with Crippen molar-refractivity contribution in [3.05, 3.63) is 24.2 Å². The molecule has 1 aliphatic rings. The first-order valence-corrected chi connectivity index (χ1v) is 6.36. The number of ether oxygens (including phenoxy) is 1.